The van der Waals surface area contributed by atoms with Crippen LogP contribution in [0.1, 0.15) is 131 Å². The van der Waals surface area contributed by atoms with Gasteiger partial charge in [0.2, 0.25) is 5.91 Å². The van der Waals surface area contributed by atoms with Gasteiger partial charge in [-0.25, -0.2) is 14.2 Å². The van der Waals surface area contributed by atoms with Gasteiger partial charge in [0, 0.05) is 75.4 Å². The lowest BCUT2D eigenvalue weighted by Crippen LogP contribution is -2.52. The van der Waals surface area contributed by atoms with Crippen molar-refractivity contribution in [2.75, 3.05) is 32.8 Å². The number of aryl methyl sites for hydroxylation is 4. The monoisotopic (exact) mass is 902 g/mol. The van der Waals surface area contributed by atoms with Crippen LogP contribution in [0.2, 0.25) is 8.67 Å². The SMILES string of the molecule is C.C.C=CCOC(=O)N1CC(c2cc(CCc3ccc(Cl)s3)n(C(=O)C(C)(C)C)n2)C1.CC(C)(C)C(=O)N1CC(c2cc(CCc3ccc(Cl)s3)n(C(=O)C(C)(C)C)n2)C1. The maximum atomic E-state index is 13.0. The van der Waals surface area contributed by atoms with E-state index in [2.05, 4.69) is 16.8 Å². The molecular formula is C45H64Cl2N6O5S2. The van der Waals surface area contributed by atoms with E-state index in [-0.39, 0.29) is 62.5 Å². The number of rotatable bonds is 10. The third kappa shape index (κ3) is 12.6. The van der Waals surface area contributed by atoms with Gasteiger partial charge in [0.25, 0.3) is 11.8 Å². The summed E-state index contributed by atoms with van der Waals surface area (Å²) in [5, 5.41) is 9.30. The first-order valence-electron chi connectivity index (χ1n) is 19.6. The highest BCUT2D eigenvalue weighted by atomic mass is 35.5. The zero-order chi connectivity index (χ0) is 42.7. The van der Waals surface area contributed by atoms with Crippen molar-refractivity contribution in [3.05, 3.63) is 90.3 Å². The number of hydrogen-bond donors (Lipinski definition) is 0. The topological polar surface area (TPSA) is 120 Å². The summed E-state index contributed by atoms with van der Waals surface area (Å²) in [5.74, 6) is 0.406. The lowest BCUT2D eigenvalue weighted by molar-refractivity contribution is -0.144. The minimum Gasteiger partial charge on any atom is -0.445 e. The van der Waals surface area contributed by atoms with E-state index in [1.807, 2.05) is 104 Å². The third-order valence-corrected chi connectivity index (χ3v) is 12.5. The summed E-state index contributed by atoms with van der Waals surface area (Å²) in [4.78, 5) is 56.1. The van der Waals surface area contributed by atoms with Crippen molar-refractivity contribution < 1.29 is 23.9 Å². The highest BCUT2D eigenvalue weighted by Gasteiger charge is 2.39. The van der Waals surface area contributed by atoms with Gasteiger partial charge in [-0.1, -0.05) is 113 Å². The van der Waals surface area contributed by atoms with Crippen LogP contribution in [0.4, 0.5) is 4.79 Å². The van der Waals surface area contributed by atoms with E-state index in [0.29, 0.717) is 32.6 Å². The van der Waals surface area contributed by atoms with Gasteiger partial charge < -0.3 is 14.5 Å². The summed E-state index contributed by atoms with van der Waals surface area (Å²) in [5.41, 5.74) is 2.12. The average molecular weight is 904 g/mol. The first kappa shape index (κ1) is 50.6. The second kappa shape index (κ2) is 20.4. The molecule has 0 saturated carbocycles. The molecule has 0 atom stereocenters. The summed E-state index contributed by atoms with van der Waals surface area (Å²) in [6, 6.07) is 11.9. The van der Waals surface area contributed by atoms with Crippen molar-refractivity contribution in [3.8, 4) is 0 Å². The minimum atomic E-state index is -0.537. The van der Waals surface area contributed by atoms with Crippen LogP contribution in [0.15, 0.2) is 49.1 Å². The molecule has 2 saturated heterocycles. The number of nitrogens with zero attached hydrogens (tertiary/aromatic N) is 6. The summed E-state index contributed by atoms with van der Waals surface area (Å²) in [6.07, 6.45) is 4.24. The summed E-state index contributed by atoms with van der Waals surface area (Å²) >= 11 is 15.2. The van der Waals surface area contributed by atoms with Gasteiger partial charge in [-0.05, 0) is 62.1 Å². The highest BCUT2D eigenvalue weighted by molar-refractivity contribution is 7.16. The molecule has 0 unspecified atom stereocenters. The lowest BCUT2D eigenvalue weighted by Gasteiger charge is -2.41. The molecule has 2 amide bonds. The zero-order valence-corrected chi connectivity index (χ0v) is 38.2. The first-order chi connectivity index (χ1) is 27.0. The van der Waals surface area contributed by atoms with Crippen LogP contribution in [0.5, 0.6) is 0 Å². The Morgan fingerprint density at radius 2 is 1.05 bits per heavy atom. The summed E-state index contributed by atoms with van der Waals surface area (Å²) in [7, 11) is 0. The normalized spacial score (nSPS) is 14.5. The maximum absolute atomic E-state index is 13.0. The average Bonchev–Trinajstić information content (AvgIpc) is 3.90. The number of carbonyl (C=O) groups excluding carboxylic acids is 4. The van der Waals surface area contributed by atoms with Crippen LogP contribution in [0.25, 0.3) is 0 Å². The van der Waals surface area contributed by atoms with Gasteiger partial charge >= 0.3 is 6.09 Å². The molecule has 2 fully saturated rings. The zero-order valence-electron chi connectivity index (χ0n) is 35.1. The van der Waals surface area contributed by atoms with Crippen molar-refractivity contribution in [1.29, 1.82) is 0 Å². The second-order valence-corrected chi connectivity index (χ2v) is 21.7. The van der Waals surface area contributed by atoms with Crippen LogP contribution >= 0.6 is 45.9 Å². The largest absolute Gasteiger partial charge is 0.445 e. The molecule has 6 rings (SSSR count). The molecule has 0 N–H and O–H groups in total. The molecule has 11 nitrogen and oxygen atoms in total. The highest BCUT2D eigenvalue weighted by Crippen LogP contribution is 2.33. The molecule has 4 aromatic rings. The van der Waals surface area contributed by atoms with Crippen LogP contribution in [0.3, 0.4) is 0 Å². The smallest absolute Gasteiger partial charge is 0.410 e. The molecule has 0 radical (unpaired) electrons. The minimum absolute atomic E-state index is 0. The Kier molecular flexibility index (Phi) is 17.2. The van der Waals surface area contributed by atoms with Gasteiger partial charge in [0.05, 0.1) is 20.1 Å². The Labute approximate surface area is 375 Å². The molecular weight excluding hydrogens is 840 g/mol. The predicted octanol–water partition coefficient (Wildman–Crippen LogP) is 11.1. The number of amides is 2. The number of ether oxygens (including phenoxy) is 1. The third-order valence-electron chi connectivity index (χ3n) is 9.90. The molecule has 0 aromatic carbocycles. The molecule has 0 aliphatic carbocycles. The fourth-order valence-corrected chi connectivity index (χ4v) is 8.61. The van der Waals surface area contributed by atoms with Gasteiger partial charge in [-0.15, -0.1) is 22.7 Å². The van der Waals surface area contributed by atoms with Gasteiger partial charge in [0.15, 0.2) is 0 Å². The fourth-order valence-electron chi connectivity index (χ4n) is 6.44. The number of thiophene rings is 2. The van der Waals surface area contributed by atoms with E-state index in [9.17, 15) is 19.2 Å². The number of aromatic nitrogens is 4. The molecule has 60 heavy (non-hydrogen) atoms. The van der Waals surface area contributed by atoms with Crippen LogP contribution in [-0.2, 0) is 35.2 Å². The van der Waals surface area contributed by atoms with Crippen molar-refractivity contribution in [2.24, 2.45) is 16.2 Å². The Hall–Kier alpha value is -3.78. The molecule has 2 aliphatic rings. The maximum Gasteiger partial charge on any atom is 0.410 e. The lowest BCUT2D eigenvalue weighted by atomic mass is 9.89. The van der Waals surface area contributed by atoms with Gasteiger partial charge in [-0.3, -0.25) is 14.4 Å². The quantitative estimate of drug-likeness (QED) is 0.145. The predicted molar refractivity (Wildman–Crippen MR) is 246 cm³/mol. The van der Waals surface area contributed by atoms with E-state index in [1.165, 1.54) is 9.75 Å². The Bertz CT molecular complexity index is 2120. The Morgan fingerprint density at radius 3 is 1.38 bits per heavy atom. The molecule has 0 spiro atoms. The van der Waals surface area contributed by atoms with E-state index in [4.69, 9.17) is 27.9 Å². The first-order valence-corrected chi connectivity index (χ1v) is 22.0. The summed E-state index contributed by atoms with van der Waals surface area (Å²) in [6.45, 7) is 23.4. The van der Waals surface area contributed by atoms with E-state index in [1.54, 1.807) is 43.0 Å². The Balaban J connectivity index is 0.000000310. The molecule has 6 heterocycles. The van der Waals surface area contributed by atoms with E-state index in [0.717, 1.165) is 50.7 Å². The molecule has 15 heteroatoms. The van der Waals surface area contributed by atoms with Crippen molar-refractivity contribution in [2.45, 2.75) is 115 Å². The Morgan fingerprint density at radius 1 is 0.667 bits per heavy atom. The fraction of sp³-hybridized carbons (Fsp3) is 0.556. The van der Waals surface area contributed by atoms with Gasteiger partial charge in [0.1, 0.15) is 6.61 Å². The number of halogens is 2. The molecule has 0 bridgehead atoms. The van der Waals surface area contributed by atoms with E-state index >= 15 is 0 Å². The van der Waals surface area contributed by atoms with Crippen LogP contribution in [0, 0.1) is 16.2 Å². The number of carbonyl (C=O) groups is 4. The molecule has 2 aliphatic heterocycles. The standard InChI is InChI=1S/C22H30ClN3O2S.C21H26ClN3O3S.2CH4/c1-21(2,3)19(27)25-12-14(13-25)17-11-15(7-8-16-9-10-18(23)29-16)26(24-17)20(28)22(4,5)6;1-5-10-28-20(27)24-12-14(13-24)17-11-15(6-7-16-8-9-18(22)29-16)25(23-17)19(26)21(2,3)4;;/h9-11,14H,7-8,12-13H2,1-6H3;5,8-9,11,14H,1,6-7,10,12-13H2,2-4H3;2*1H4. The van der Waals surface area contributed by atoms with Crippen LogP contribution in [-0.4, -0.2) is 86.0 Å². The van der Waals surface area contributed by atoms with Crippen molar-refractivity contribution >= 4 is 69.7 Å². The van der Waals surface area contributed by atoms with E-state index < -0.39 is 10.8 Å². The molecule has 4 aromatic heterocycles. The number of likely N-dealkylation sites (tertiary alicyclic amines) is 2. The molecule has 330 valence electrons. The van der Waals surface area contributed by atoms with Crippen molar-refractivity contribution in [3.63, 3.8) is 0 Å². The van der Waals surface area contributed by atoms with Crippen LogP contribution < -0.4 is 0 Å². The second-order valence-electron chi connectivity index (χ2n) is 18.1. The number of hydrogen-bond acceptors (Lipinski definition) is 9. The van der Waals surface area contributed by atoms with Crippen molar-refractivity contribution in [1.82, 2.24) is 29.4 Å². The summed E-state index contributed by atoms with van der Waals surface area (Å²) < 4.78 is 9.73. The van der Waals surface area contributed by atoms with Gasteiger partial charge in [-0.2, -0.15) is 10.2 Å².